The average Bonchev–Trinajstić information content (AvgIpc) is 3.51. The van der Waals surface area contributed by atoms with Gasteiger partial charge in [0.15, 0.2) is 0 Å². The zero-order chi connectivity index (χ0) is 24.3. The summed E-state index contributed by atoms with van der Waals surface area (Å²) < 4.78 is 0. The van der Waals surface area contributed by atoms with Gasteiger partial charge in [-0.2, -0.15) is 0 Å². The number of piperidine rings is 1. The highest BCUT2D eigenvalue weighted by atomic mass is 32.1. The summed E-state index contributed by atoms with van der Waals surface area (Å²) in [5.74, 6) is -0.625. The summed E-state index contributed by atoms with van der Waals surface area (Å²) in [5.41, 5.74) is 0.348. The molecule has 0 unspecified atom stereocenters. The summed E-state index contributed by atoms with van der Waals surface area (Å²) in [6.07, 6.45) is 6.75. The van der Waals surface area contributed by atoms with E-state index in [1.165, 1.54) is 4.90 Å². The summed E-state index contributed by atoms with van der Waals surface area (Å²) in [5, 5.41) is 2.86. The maximum atomic E-state index is 13.9. The van der Waals surface area contributed by atoms with E-state index in [2.05, 4.69) is 9.97 Å². The quantitative estimate of drug-likeness (QED) is 0.471. The minimum absolute atomic E-state index is 0.000433. The van der Waals surface area contributed by atoms with Crippen molar-refractivity contribution in [3.05, 3.63) is 82.6 Å². The van der Waals surface area contributed by atoms with Crippen molar-refractivity contribution in [1.29, 1.82) is 0 Å². The van der Waals surface area contributed by atoms with Gasteiger partial charge in [-0.1, -0.05) is 36.4 Å². The van der Waals surface area contributed by atoms with Gasteiger partial charge in [0.1, 0.15) is 5.01 Å². The fourth-order valence-electron chi connectivity index (χ4n) is 5.27. The molecule has 8 heteroatoms. The lowest BCUT2D eigenvalue weighted by atomic mass is 9.75. The van der Waals surface area contributed by atoms with E-state index in [4.69, 9.17) is 0 Å². The fraction of sp³-hybridized carbons (Fsp3) is 0.370. The van der Waals surface area contributed by atoms with Gasteiger partial charge in [-0.05, 0) is 37.0 Å². The van der Waals surface area contributed by atoms with Gasteiger partial charge in [-0.15, -0.1) is 11.3 Å². The lowest BCUT2D eigenvalue weighted by Gasteiger charge is -2.37. The Kier molecular flexibility index (Phi) is 6.72. The van der Waals surface area contributed by atoms with E-state index in [1.54, 1.807) is 23.7 Å². The summed E-state index contributed by atoms with van der Waals surface area (Å²) >= 11 is 1.55. The molecule has 0 saturated carbocycles. The molecule has 2 atom stereocenters. The normalized spacial score (nSPS) is 22.6. The van der Waals surface area contributed by atoms with Crippen LogP contribution in [0.3, 0.4) is 0 Å². The Morgan fingerprint density at radius 1 is 1.03 bits per heavy atom. The Morgan fingerprint density at radius 3 is 2.60 bits per heavy atom. The molecule has 4 heterocycles. The van der Waals surface area contributed by atoms with Gasteiger partial charge in [0.25, 0.3) is 0 Å². The predicted octanol–water partition coefficient (Wildman–Crippen LogP) is 3.92. The zero-order valence-electron chi connectivity index (χ0n) is 19.5. The van der Waals surface area contributed by atoms with Gasteiger partial charge in [0.2, 0.25) is 17.7 Å². The molecule has 3 aromatic rings. The number of rotatable bonds is 7. The smallest absolute Gasteiger partial charge is 0.240 e. The monoisotopic (exact) mass is 488 g/mol. The molecule has 2 aliphatic rings. The molecular weight excluding hydrogens is 460 g/mol. The summed E-state index contributed by atoms with van der Waals surface area (Å²) in [4.78, 5) is 52.8. The van der Waals surface area contributed by atoms with Crippen LogP contribution in [-0.2, 0) is 26.2 Å². The molecule has 0 N–H and O–H groups in total. The van der Waals surface area contributed by atoms with Crippen LogP contribution in [0.15, 0.2) is 66.3 Å². The van der Waals surface area contributed by atoms with Crippen molar-refractivity contribution >= 4 is 29.1 Å². The third-order valence-electron chi connectivity index (χ3n) is 7.07. The van der Waals surface area contributed by atoms with Crippen LogP contribution in [0.1, 0.15) is 54.4 Å². The van der Waals surface area contributed by atoms with Gasteiger partial charge in [-0.3, -0.25) is 24.3 Å². The number of benzene rings is 1. The second kappa shape index (κ2) is 10.1. The molecule has 0 bridgehead atoms. The third-order valence-corrected chi connectivity index (χ3v) is 7.94. The van der Waals surface area contributed by atoms with Crippen LogP contribution in [-0.4, -0.2) is 50.6 Å². The fourth-order valence-corrected chi connectivity index (χ4v) is 6.05. The molecule has 0 spiro atoms. The largest absolute Gasteiger partial charge is 0.333 e. The van der Waals surface area contributed by atoms with E-state index in [1.807, 2.05) is 58.8 Å². The third kappa shape index (κ3) is 4.62. The number of imide groups is 1. The number of carbonyl (C=O) groups excluding carboxylic acids is 3. The van der Waals surface area contributed by atoms with E-state index < -0.39 is 5.41 Å². The SMILES string of the molecule is O=C1C[C@@](CC(=O)N2CCCC[C@@H]2c2nccs2)(c2ccccc2)C(=O)N1CCc1ccccn1. The van der Waals surface area contributed by atoms with Crippen molar-refractivity contribution in [2.45, 2.75) is 50.0 Å². The number of aromatic nitrogens is 2. The van der Waals surface area contributed by atoms with E-state index >= 15 is 0 Å². The molecule has 180 valence electrons. The molecule has 35 heavy (non-hydrogen) atoms. The second-order valence-electron chi connectivity index (χ2n) is 9.19. The summed E-state index contributed by atoms with van der Waals surface area (Å²) in [7, 11) is 0. The number of thiazole rings is 1. The van der Waals surface area contributed by atoms with Crippen LogP contribution in [0.4, 0.5) is 0 Å². The Hall–Kier alpha value is -3.39. The molecule has 2 saturated heterocycles. The van der Waals surface area contributed by atoms with E-state index in [0.29, 0.717) is 13.0 Å². The van der Waals surface area contributed by atoms with Crippen LogP contribution >= 0.6 is 11.3 Å². The second-order valence-corrected chi connectivity index (χ2v) is 10.1. The Morgan fingerprint density at radius 2 is 1.86 bits per heavy atom. The minimum atomic E-state index is -1.19. The van der Waals surface area contributed by atoms with Gasteiger partial charge < -0.3 is 4.90 Å². The van der Waals surface area contributed by atoms with E-state index in [9.17, 15) is 14.4 Å². The number of nitrogens with zero attached hydrogens (tertiary/aromatic N) is 4. The first-order chi connectivity index (χ1) is 17.1. The number of hydrogen-bond donors (Lipinski definition) is 0. The average molecular weight is 489 g/mol. The minimum Gasteiger partial charge on any atom is -0.333 e. The summed E-state index contributed by atoms with van der Waals surface area (Å²) in [6.45, 7) is 0.891. The summed E-state index contributed by atoms with van der Waals surface area (Å²) in [6, 6.07) is 14.8. The van der Waals surface area contributed by atoms with Gasteiger partial charge >= 0.3 is 0 Å². The van der Waals surface area contributed by atoms with Crippen molar-refractivity contribution in [1.82, 2.24) is 19.8 Å². The topological polar surface area (TPSA) is 83.5 Å². The van der Waals surface area contributed by atoms with Crippen molar-refractivity contribution in [3.63, 3.8) is 0 Å². The molecule has 0 aliphatic carbocycles. The Labute approximate surface area is 208 Å². The van der Waals surface area contributed by atoms with Gasteiger partial charge in [0.05, 0.1) is 11.5 Å². The Balaban J connectivity index is 1.42. The highest BCUT2D eigenvalue weighted by Gasteiger charge is 2.54. The number of pyridine rings is 1. The highest BCUT2D eigenvalue weighted by Crippen LogP contribution is 2.42. The van der Waals surface area contributed by atoms with Gasteiger partial charge in [0, 0.05) is 55.8 Å². The molecule has 7 nitrogen and oxygen atoms in total. The van der Waals surface area contributed by atoms with Crippen molar-refractivity contribution in [2.24, 2.45) is 0 Å². The van der Waals surface area contributed by atoms with Crippen molar-refractivity contribution in [2.75, 3.05) is 13.1 Å². The Bertz CT molecular complexity index is 1190. The van der Waals surface area contributed by atoms with Gasteiger partial charge in [-0.25, -0.2) is 4.98 Å². The molecule has 0 radical (unpaired) electrons. The molecule has 5 rings (SSSR count). The number of amides is 3. The lowest BCUT2D eigenvalue weighted by molar-refractivity contribution is -0.144. The number of likely N-dealkylation sites (tertiary alicyclic amines) is 2. The first-order valence-corrected chi connectivity index (χ1v) is 13.0. The molecule has 3 amide bonds. The molecule has 2 fully saturated rings. The highest BCUT2D eigenvalue weighted by molar-refractivity contribution is 7.09. The molecular formula is C27H28N4O3S. The standard InChI is InChI=1S/C27H28N4O3S/c32-23(30-15-7-5-11-22(30)25-29-14-17-35-25)18-27(20-8-2-1-3-9-20)19-24(33)31(26(27)34)16-12-21-10-4-6-13-28-21/h1-4,6,8-10,13-14,17,22H,5,7,11-12,15-16,18-19H2/t22-,27+/m1/s1. The number of hydrogen-bond acceptors (Lipinski definition) is 6. The van der Waals surface area contributed by atoms with Crippen molar-refractivity contribution < 1.29 is 14.4 Å². The number of carbonyl (C=O) groups is 3. The van der Waals surface area contributed by atoms with E-state index in [-0.39, 0.29) is 43.1 Å². The van der Waals surface area contributed by atoms with Crippen LogP contribution in [0.5, 0.6) is 0 Å². The van der Waals surface area contributed by atoms with Crippen LogP contribution in [0.2, 0.25) is 0 Å². The lowest BCUT2D eigenvalue weighted by Crippen LogP contribution is -2.45. The first kappa shape index (κ1) is 23.4. The first-order valence-electron chi connectivity index (χ1n) is 12.1. The maximum Gasteiger partial charge on any atom is 0.240 e. The predicted molar refractivity (Wildman–Crippen MR) is 132 cm³/mol. The maximum absolute atomic E-state index is 13.9. The van der Waals surface area contributed by atoms with E-state index in [0.717, 1.165) is 35.5 Å². The van der Waals surface area contributed by atoms with Crippen LogP contribution < -0.4 is 0 Å². The zero-order valence-corrected chi connectivity index (χ0v) is 20.3. The van der Waals surface area contributed by atoms with Crippen LogP contribution in [0, 0.1) is 0 Å². The van der Waals surface area contributed by atoms with Crippen molar-refractivity contribution in [3.8, 4) is 0 Å². The molecule has 2 aromatic heterocycles. The van der Waals surface area contributed by atoms with Crippen LogP contribution in [0.25, 0.3) is 0 Å². The molecule has 1 aromatic carbocycles. The molecule has 2 aliphatic heterocycles.